The summed E-state index contributed by atoms with van der Waals surface area (Å²) in [6.45, 7) is 5.84. The van der Waals surface area contributed by atoms with Gasteiger partial charge in [-0.1, -0.05) is 0 Å². The molecule has 9 heteroatoms. The van der Waals surface area contributed by atoms with Gasteiger partial charge in [0.05, 0.1) is 17.1 Å². The van der Waals surface area contributed by atoms with Gasteiger partial charge in [-0.05, 0) is 74.8 Å². The van der Waals surface area contributed by atoms with Gasteiger partial charge in [0.15, 0.2) is 0 Å². The molecular formula is C22H29N3O4S2. The number of carbonyl (C=O) groups excluding carboxylic acids is 1. The van der Waals surface area contributed by atoms with Gasteiger partial charge >= 0.3 is 0 Å². The molecule has 3 rings (SSSR count). The summed E-state index contributed by atoms with van der Waals surface area (Å²) >= 11 is 1.46. The number of thioether (sulfide) groups is 1. The van der Waals surface area contributed by atoms with Crippen LogP contribution in [0.3, 0.4) is 0 Å². The van der Waals surface area contributed by atoms with Crippen molar-refractivity contribution in [3.05, 3.63) is 47.7 Å². The van der Waals surface area contributed by atoms with Crippen LogP contribution in [0.1, 0.15) is 35.7 Å². The zero-order chi connectivity index (χ0) is 22.4. The zero-order valence-electron chi connectivity index (χ0n) is 18.1. The standard InChI is InChI=1S/C22H29N3O4S2/c1-4-29-20-8-7-18(14-16(20)2)31(27,28)24-15-17-9-12-25(13-10-17)22(26)19-6-5-11-23-21(19)30-3/h5-8,11,14,17,24H,4,9-10,12-13,15H2,1-3H3. The van der Waals surface area contributed by atoms with Crippen molar-refractivity contribution < 1.29 is 17.9 Å². The molecule has 2 heterocycles. The van der Waals surface area contributed by atoms with E-state index in [1.165, 1.54) is 11.8 Å². The number of carbonyl (C=O) groups is 1. The van der Waals surface area contributed by atoms with Crippen LogP contribution in [0.5, 0.6) is 5.75 Å². The second-order valence-corrected chi connectivity index (χ2v) is 10.1. The Kier molecular flexibility index (Phi) is 7.96. The Morgan fingerprint density at radius 1 is 1.29 bits per heavy atom. The van der Waals surface area contributed by atoms with Crippen molar-refractivity contribution in [2.45, 2.75) is 36.6 Å². The summed E-state index contributed by atoms with van der Waals surface area (Å²) in [7, 11) is -3.59. The fourth-order valence-corrected chi connectivity index (χ4v) is 5.39. The number of piperidine rings is 1. The number of nitrogens with zero attached hydrogens (tertiary/aromatic N) is 2. The Morgan fingerprint density at radius 2 is 2.03 bits per heavy atom. The lowest BCUT2D eigenvalue weighted by atomic mass is 9.97. The molecule has 1 fully saturated rings. The van der Waals surface area contributed by atoms with Gasteiger partial charge in [0, 0.05) is 25.8 Å². The Hall–Kier alpha value is -2.10. The SMILES string of the molecule is CCOc1ccc(S(=O)(=O)NCC2CCN(C(=O)c3cccnc3SC)CC2)cc1C. The largest absolute Gasteiger partial charge is 0.494 e. The van der Waals surface area contributed by atoms with Gasteiger partial charge in [-0.2, -0.15) is 0 Å². The Morgan fingerprint density at radius 3 is 2.68 bits per heavy atom. The summed E-state index contributed by atoms with van der Waals surface area (Å²) in [5.41, 5.74) is 1.41. The van der Waals surface area contributed by atoms with Crippen LogP contribution in [0, 0.1) is 12.8 Å². The second kappa shape index (κ2) is 10.5. The zero-order valence-corrected chi connectivity index (χ0v) is 19.8. The van der Waals surface area contributed by atoms with E-state index in [1.807, 2.05) is 25.0 Å². The number of aromatic nitrogens is 1. The number of sulfonamides is 1. The molecule has 1 aromatic carbocycles. The number of ether oxygens (including phenoxy) is 1. The first-order valence-corrected chi connectivity index (χ1v) is 13.1. The van der Waals surface area contributed by atoms with Crippen molar-refractivity contribution in [3.8, 4) is 5.75 Å². The number of likely N-dealkylation sites (tertiary alicyclic amines) is 1. The summed E-state index contributed by atoms with van der Waals surface area (Å²) in [6, 6.07) is 8.47. The second-order valence-electron chi connectivity index (χ2n) is 7.51. The summed E-state index contributed by atoms with van der Waals surface area (Å²) in [5.74, 6) is 0.870. The molecule has 168 valence electrons. The predicted molar refractivity (Wildman–Crippen MR) is 122 cm³/mol. The molecule has 0 radical (unpaired) electrons. The third-order valence-corrected chi connectivity index (χ3v) is 7.55. The average molecular weight is 464 g/mol. The van der Waals surface area contributed by atoms with E-state index in [9.17, 15) is 13.2 Å². The molecule has 0 aliphatic carbocycles. The topological polar surface area (TPSA) is 88.6 Å². The molecule has 1 aliphatic rings. The van der Waals surface area contributed by atoms with Crippen LogP contribution < -0.4 is 9.46 Å². The van der Waals surface area contributed by atoms with E-state index in [4.69, 9.17) is 4.74 Å². The Balaban J connectivity index is 1.55. The molecule has 7 nitrogen and oxygen atoms in total. The maximum atomic E-state index is 12.8. The molecule has 0 atom stereocenters. The highest BCUT2D eigenvalue weighted by Gasteiger charge is 2.26. The molecule has 1 aliphatic heterocycles. The van der Waals surface area contributed by atoms with Gasteiger partial charge in [0.25, 0.3) is 5.91 Å². The van der Waals surface area contributed by atoms with E-state index < -0.39 is 10.0 Å². The highest BCUT2D eigenvalue weighted by Crippen LogP contribution is 2.24. The number of pyridine rings is 1. The first kappa shape index (κ1) is 23.6. The van der Waals surface area contributed by atoms with Gasteiger partial charge < -0.3 is 9.64 Å². The number of amides is 1. The van der Waals surface area contributed by atoms with Crippen LogP contribution in [0.15, 0.2) is 46.5 Å². The van der Waals surface area contributed by atoms with Crippen LogP contribution in [0.4, 0.5) is 0 Å². The predicted octanol–water partition coefficient (Wildman–Crippen LogP) is 3.34. The fourth-order valence-electron chi connectivity index (χ4n) is 3.64. The van der Waals surface area contributed by atoms with Crippen LogP contribution in [0.25, 0.3) is 0 Å². The van der Waals surface area contributed by atoms with Crippen molar-refractivity contribution in [2.75, 3.05) is 32.5 Å². The van der Waals surface area contributed by atoms with Gasteiger partial charge in [0.2, 0.25) is 10.0 Å². The number of rotatable bonds is 8. The Labute approximate surface area is 188 Å². The first-order valence-electron chi connectivity index (χ1n) is 10.4. The van der Waals surface area contributed by atoms with Gasteiger partial charge in [-0.3, -0.25) is 4.79 Å². The molecule has 0 unspecified atom stereocenters. The normalized spacial score (nSPS) is 15.1. The summed E-state index contributed by atoms with van der Waals surface area (Å²) in [6.07, 6.45) is 5.10. The number of hydrogen-bond donors (Lipinski definition) is 1. The van der Waals surface area contributed by atoms with Crippen molar-refractivity contribution >= 4 is 27.7 Å². The van der Waals surface area contributed by atoms with Gasteiger partial charge in [0.1, 0.15) is 10.8 Å². The molecule has 0 saturated carbocycles. The molecule has 0 spiro atoms. The van der Waals surface area contributed by atoms with Crippen molar-refractivity contribution in [2.24, 2.45) is 5.92 Å². The molecule has 1 saturated heterocycles. The minimum atomic E-state index is -3.59. The van der Waals surface area contributed by atoms with E-state index in [0.29, 0.717) is 37.6 Å². The number of hydrogen-bond acceptors (Lipinski definition) is 6. The van der Waals surface area contributed by atoms with Crippen LogP contribution in [-0.4, -0.2) is 56.7 Å². The van der Waals surface area contributed by atoms with Crippen LogP contribution in [0.2, 0.25) is 0 Å². The monoisotopic (exact) mass is 463 g/mol. The lowest BCUT2D eigenvalue weighted by molar-refractivity contribution is 0.0687. The van der Waals surface area contributed by atoms with E-state index in [2.05, 4.69) is 9.71 Å². The number of benzene rings is 1. The summed E-state index contributed by atoms with van der Waals surface area (Å²) in [4.78, 5) is 19.2. The first-order chi connectivity index (χ1) is 14.9. The lowest BCUT2D eigenvalue weighted by Gasteiger charge is -2.32. The molecule has 31 heavy (non-hydrogen) atoms. The minimum Gasteiger partial charge on any atom is -0.494 e. The molecule has 0 bridgehead atoms. The van der Waals surface area contributed by atoms with Crippen LogP contribution >= 0.6 is 11.8 Å². The van der Waals surface area contributed by atoms with Crippen LogP contribution in [-0.2, 0) is 10.0 Å². The quantitative estimate of drug-likeness (QED) is 0.604. The fraction of sp³-hybridized carbons (Fsp3) is 0.455. The smallest absolute Gasteiger partial charge is 0.256 e. The van der Waals surface area contributed by atoms with Crippen molar-refractivity contribution in [1.82, 2.24) is 14.6 Å². The molecule has 2 aromatic rings. The van der Waals surface area contributed by atoms with E-state index in [1.54, 1.807) is 36.5 Å². The average Bonchev–Trinajstić information content (AvgIpc) is 2.79. The summed E-state index contributed by atoms with van der Waals surface area (Å²) in [5, 5.41) is 0.730. The van der Waals surface area contributed by atoms with Gasteiger partial charge in [-0.15, -0.1) is 11.8 Å². The third-order valence-electron chi connectivity index (χ3n) is 5.42. The van der Waals surface area contributed by atoms with Crippen molar-refractivity contribution in [1.29, 1.82) is 0 Å². The maximum Gasteiger partial charge on any atom is 0.256 e. The minimum absolute atomic E-state index is 0.0126. The highest BCUT2D eigenvalue weighted by molar-refractivity contribution is 7.98. The number of nitrogens with one attached hydrogen (secondary N) is 1. The summed E-state index contributed by atoms with van der Waals surface area (Å²) < 4.78 is 33.6. The molecule has 1 N–H and O–H groups in total. The van der Waals surface area contributed by atoms with E-state index >= 15 is 0 Å². The number of aryl methyl sites for hydroxylation is 1. The Bertz CT molecular complexity index is 1020. The lowest BCUT2D eigenvalue weighted by Crippen LogP contribution is -2.41. The molecule has 1 amide bonds. The van der Waals surface area contributed by atoms with E-state index in [0.717, 1.165) is 23.4 Å². The highest BCUT2D eigenvalue weighted by atomic mass is 32.2. The maximum absolute atomic E-state index is 12.8. The molecule has 1 aromatic heterocycles. The third kappa shape index (κ3) is 5.78. The molecular weight excluding hydrogens is 434 g/mol. The van der Waals surface area contributed by atoms with E-state index in [-0.39, 0.29) is 16.7 Å². The van der Waals surface area contributed by atoms with Crippen molar-refractivity contribution in [3.63, 3.8) is 0 Å². The van der Waals surface area contributed by atoms with Gasteiger partial charge in [-0.25, -0.2) is 18.1 Å².